The summed E-state index contributed by atoms with van der Waals surface area (Å²) in [5.41, 5.74) is 2.90. The van der Waals surface area contributed by atoms with Crippen LogP contribution < -0.4 is 15.4 Å². The fourth-order valence-electron chi connectivity index (χ4n) is 4.60. The molecule has 0 bridgehead atoms. The first-order valence-corrected chi connectivity index (χ1v) is 16.0. The molecule has 0 aliphatic carbocycles. The van der Waals surface area contributed by atoms with Crippen molar-refractivity contribution in [2.45, 2.75) is 20.4 Å². The maximum Gasteiger partial charge on any atom is 0.324 e. The van der Waals surface area contributed by atoms with Crippen LogP contribution in [-0.4, -0.2) is 73.7 Å². The predicted molar refractivity (Wildman–Crippen MR) is 180 cm³/mol. The summed E-state index contributed by atoms with van der Waals surface area (Å²) in [5.74, 6) is 0.546. The van der Waals surface area contributed by atoms with E-state index in [0.717, 1.165) is 20.7 Å². The molecule has 48 heavy (non-hydrogen) atoms. The molecule has 0 unspecified atom stereocenters. The van der Waals surface area contributed by atoms with Crippen molar-refractivity contribution in [2.24, 2.45) is 0 Å². The van der Waals surface area contributed by atoms with Gasteiger partial charge in [-0.25, -0.2) is 9.18 Å². The lowest BCUT2D eigenvalue weighted by atomic mass is 10.1. The molecule has 252 valence electrons. The molecule has 0 saturated carbocycles. The zero-order chi connectivity index (χ0) is 33.9. The van der Waals surface area contributed by atoms with E-state index in [1.54, 1.807) is 44.2 Å². The van der Waals surface area contributed by atoms with Crippen molar-refractivity contribution >= 4 is 45.0 Å². The number of rotatable bonds is 16. The van der Waals surface area contributed by atoms with Gasteiger partial charge in [0.2, 0.25) is 5.91 Å². The highest BCUT2D eigenvalue weighted by Gasteiger charge is 2.15. The van der Waals surface area contributed by atoms with Crippen LogP contribution >= 0.6 is 11.3 Å². The van der Waals surface area contributed by atoms with E-state index in [1.807, 2.05) is 30.3 Å². The van der Waals surface area contributed by atoms with Crippen LogP contribution in [0.15, 0.2) is 71.4 Å². The molecule has 3 aromatic heterocycles. The smallest absolute Gasteiger partial charge is 0.324 e. The number of urea groups is 1. The second kappa shape index (κ2) is 16.8. The van der Waals surface area contributed by atoms with Crippen molar-refractivity contribution in [3.05, 3.63) is 84.0 Å². The minimum atomic E-state index is -0.652. The Morgan fingerprint density at radius 2 is 1.71 bits per heavy atom. The fourth-order valence-corrected chi connectivity index (χ4v) is 5.67. The molecule has 2 aromatic carbocycles. The van der Waals surface area contributed by atoms with Gasteiger partial charge in [-0.15, -0.1) is 11.3 Å². The zero-order valence-electron chi connectivity index (χ0n) is 26.8. The Balaban J connectivity index is 1.18. The van der Waals surface area contributed by atoms with E-state index < -0.39 is 11.8 Å². The first-order valence-electron chi connectivity index (χ1n) is 15.2. The van der Waals surface area contributed by atoms with Crippen molar-refractivity contribution < 1.29 is 37.5 Å². The first kappa shape index (κ1) is 34.4. The lowest BCUT2D eigenvalue weighted by Crippen LogP contribution is -2.31. The Bertz CT molecular complexity index is 1830. The molecular weight excluding hydrogens is 641 g/mol. The third-order valence-corrected chi connectivity index (χ3v) is 8.21. The number of aryl methyl sites for hydroxylation is 1. The molecule has 0 aliphatic heterocycles. The molecule has 0 fully saturated rings. The van der Waals surface area contributed by atoms with Crippen molar-refractivity contribution in [3.63, 3.8) is 0 Å². The summed E-state index contributed by atoms with van der Waals surface area (Å²) >= 11 is 1.48. The Morgan fingerprint density at radius 3 is 2.42 bits per heavy atom. The van der Waals surface area contributed by atoms with Crippen LogP contribution in [0, 0.1) is 12.7 Å². The molecule has 0 saturated heterocycles. The van der Waals surface area contributed by atoms with Gasteiger partial charge in [0.15, 0.2) is 17.4 Å². The van der Waals surface area contributed by atoms with Crippen LogP contribution in [0.5, 0.6) is 11.5 Å². The predicted octanol–water partition coefficient (Wildman–Crippen LogP) is 6.86. The molecule has 3 heterocycles. The molecule has 0 atom stereocenters. The standard InChI is InChI=1S/C34H36FN5O7S/c1-22-18-32(39-47-22)38-34(42)37-26-8-9-29(27(35)19-26)46-30-10-11-36-28-20-31(48-33(28)30)25-6-4-24(5-7-25)21-40(23(2)41)12-13-44-16-17-45-15-14-43-3/h4-11,18-20H,12-17,21H2,1-3H3,(H2,37,38,39,42). The number of pyridine rings is 1. The minimum Gasteiger partial charge on any atom is -0.453 e. The largest absolute Gasteiger partial charge is 0.453 e. The number of benzene rings is 2. The van der Waals surface area contributed by atoms with Crippen molar-refractivity contribution in [1.82, 2.24) is 15.0 Å². The number of fused-ring (bicyclic) bond motifs is 1. The van der Waals surface area contributed by atoms with Crippen LogP contribution in [0.3, 0.4) is 0 Å². The van der Waals surface area contributed by atoms with Gasteiger partial charge in [-0.05, 0) is 36.2 Å². The number of methoxy groups -OCH3 is 1. The topological polar surface area (TPSA) is 137 Å². The summed E-state index contributed by atoms with van der Waals surface area (Å²) in [6.45, 7) is 6.57. The van der Waals surface area contributed by atoms with Gasteiger partial charge in [0.25, 0.3) is 0 Å². The Hall–Kier alpha value is -4.89. The number of carbonyl (C=O) groups is 2. The molecule has 0 aliphatic rings. The van der Waals surface area contributed by atoms with E-state index in [-0.39, 0.29) is 23.2 Å². The Labute approximate surface area is 280 Å². The Morgan fingerprint density at radius 1 is 0.938 bits per heavy atom. The monoisotopic (exact) mass is 677 g/mol. The third-order valence-electron chi connectivity index (χ3n) is 7.02. The van der Waals surface area contributed by atoms with Crippen LogP contribution in [0.1, 0.15) is 18.2 Å². The number of thiophene rings is 1. The molecule has 12 nitrogen and oxygen atoms in total. The number of halogens is 1. The lowest BCUT2D eigenvalue weighted by molar-refractivity contribution is -0.130. The van der Waals surface area contributed by atoms with Crippen LogP contribution in [0.2, 0.25) is 0 Å². The van der Waals surface area contributed by atoms with Gasteiger partial charge < -0.3 is 33.7 Å². The van der Waals surface area contributed by atoms with Crippen LogP contribution in [0.4, 0.5) is 20.7 Å². The molecule has 0 radical (unpaired) electrons. The normalized spacial score (nSPS) is 11.1. The molecule has 3 amide bonds. The summed E-state index contributed by atoms with van der Waals surface area (Å²) in [6.07, 6.45) is 1.61. The summed E-state index contributed by atoms with van der Waals surface area (Å²) in [7, 11) is 1.62. The second-order valence-electron chi connectivity index (χ2n) is 10.6. The first-order chi connectivity index (χ1) is 23.3. The zero-order valence-corrected chi connectivity index (χ0v) is 27.6. The average Bonchev–Trinajstić information content (AvgIpc) is 3.69. The van der Waals surface area contributed by atoms with Crippen LogP contribution in [0.25, 0.3) is 20.7 Å². The third kappa shape index (κ3) is 9.58. The molecule has 14 heteroatoms. The highest BCUT2D eigenvalue weighted by atomic mass is 32.1. The second-order valence-corrected chi connectivity index (χ2v) is 11.7. The van der Waals surface area contributed by atoms with Crippen molar-refractivity contribution in [2.75, 3.05) is 57.3 Å². The van der Waals surface area contributed by atoms with Gasteiger partial charge in [-0.2, -0.15) is 0 Å². The summed E-state index contributed by atoms with van der Waals surface area (Å²) in [6, 6.07) is 16.7. The van der Waals surface area contributed by atoms with Gasteiger partial charge >= 0.3 is 6.03 Å². The van der Waals surface area contributed by atoms with E-state index in [2.05, 4.69) is 20.8 Å². The number of hydrogen-bond acceptors (Lipinski definition) is 10. The fraction of sp³-hybridized carbons (Fsp3) is 0.294. The maximum atomic E-state index is 15.0. The summed E-state index contributed by atoms with van der Waals surface area (Å²) < 4.78 is 42.6. The van der Waals surface area contributed by atoms with Crippen LogP contribution in [-0.2, 0) is 25.5 Å². The minimum absolute atomic E-state index is 0.00396. The molecule has 5 aromatic rings. The number of anilines is 2. The maximum absolute atomic E-state index is 15.0. The number of aromatic nitrogens is 2. The Kier molecular flexibility index (Phi) is 12.0. The lowest BCUT2D eigenvalue weighted by Gasteiger charge is -2.21. The van der Waals surface area contributed by atoms with Gasteiger partial charge in [0.1, 0.15) is 11.5 Å². The van der Waals surface area contributed by atoms with E-state index in [4.69, 9.17) is 23.5 Å². The van der Waals surface area contributed by atoms with Gasteiger partial charge in [0, 0.05) is 62.1 Å². The summed E-state index contributed by atoms with van der Waals surface area (Å²) in [5, 5.41) is 8.76. The number of carbonyl (C=O) groups excluding carboxylic acids is 2. The number of hydrogen-bond donors (Lipinski definition) is 2. The van der Waals surface area contributed by atoms with E-state index >= 15 is 4.39 Å². The number of nitrogens with zero attached hydrogens (tertiary/aromatic N) is 3. The average molecular weight is 678 g/mol. The highest BCUT2D eigenvalue weighted by molar-refractivity contribution is 7.22. The highest BCUT2D eigenvalue weighted by Crippen LogP contribution is 2.40. The van der Waals surface area contributed by atoms with Gasteiger partial charge in [0.05, 0.1) is 43.3 Å². The molecule has 2 N–H and O–H groups in total. The van der Waals surface area contributed by atoms with E-state index in [9.17, 15) is 9.59 Å². The van der Waals surface area contributed by atoms with E-state index in [1.165, 1.54) is 29.5 Å². The van der Waals surface area contributed by atoms with Gasteiger partial charge in [-0.1, -0.05) is 29.4 Å². The molecular formula is C34H36FN5O7S. The summed E-state index contributed by atoms with van der Waals surface area (Å²) in [4.78, 5) is 31.7. The number of ether oxygens (including phenoxy) is 4. The van der Waals surface area contributed by atoms with Crippen molar-refractivity contribution in [3.8, 4) is 21.9 Å². The SMILES string of the molecule is COCCOCCOCCN(Cc1ccc(-c2cc3nccc(Oc4ccc(NC(=O)Nc5cc(C)on5)cc4F)c3s2)cc1)C(C)=O. The van der Waals surface area contributed by atoms with Crippen molar-refractivity contribution in [1.29, 1.82) is 0 Å². The molecule has 0 spiro atoms. The van der Waals surface area contributed by atoms with E-state index in [0.29, 0.717) is 63.2 Å². The molecule has 5 rings (SSSR count). The number of amides is 3. The quantitative estimate of drug-likeness (QED) is 0.107. The number of nitrogens with one attached hydrogen (secondary N) is 2. The van der Waals surface area contributed by atoms with Gasteiger partial charge in [-0.3, -0.25) is 15.1 Å².